The van der Waals surface area contributed by atoms with E-state index in [-0.39, 0.29) is 23.4 Å². The normalized spacial score (nSPS) is 19.1. The molecule has 1 aromatic carbocycles. The molecule has 2 aliphatic rings. The van der Waals surface area contributed by atoms with Gasteiger partial charge in [-0.05, 0) is 78.6 Å². The zero-order chi connectivity index (χ0) is 24.7. The molecule has 2 saturated heterocycles. The molecule has 5 rings (SSSR count). The van der Waals surface area contributed by atoms with Gasteiger partial charge in [-0.15, -0.1) is 0 Å². The van der Waals surface area contributed by atoms with Gasteiger partial charge in [-0.25, -0.2) is 4.68 Å². The average molecular weight is 495 g/mol. The first kappa shape index (κ1) is 23.9. The van der Waals surface area contributed by atoms with Crippen molar-refractivity contribution in [1.29, 1.82) is 0 Å². The van der Waals surface area contributed by atoms with E-state index in [1.165, 1.54) is 24.2 Å². The summed E-state index contributed by atoms with van der Waals surface area (Å²) in [5.41, 5.74) is 2.39. The largest absolute Gasteiger partial charge is 0.333 e. The van der Waals surface area contributed by atoms with Crippen molar-refractivity contribution in [2.75, 3.05) is 31.5 Å². The predicted octanol–water partition coefficient (Wildman–Crippen LogP) is 4.51. The van der Waals surface area contributed by atoms with Crippen LogP contribution in [0.4, 0.5) is 5.13 Å². The van der Waals surface area contributed by atoms with Gasteiger partial charge < -0.3 is 9.80 Å². The first-order chi connectivity index (χ1) is 16.7. The van der Waals surface area contributed by atoms with Crippen molar-refractivity contribution >= 4 is 38.6 Å². The van der Waals surface area contributed by atoms with Crippen LogP contribution in [0.2, 0.25) is 0 Å². The van der Waals surface area contributed by atoms with Crippen LogP contribution >= 0.6 is 11.3 Å². The average Bonchev–Trinajstić information content (AvgIpc) is 3.58. The highest BCUT2D eigenvalue weighted by molar-refractivity contribution is 7.22. The lowest BCUT2D eigenvalue weighted by Gasteiger charge is -2.28. The van der Waals surface area contributed by atoms with E-state index >= 15 is 0 Å². The highest BCUT2D eigenvalue weighted by Gasteiger charge is 2.35. The number of aryl methyl sites for hydroxylation is 1. The van der Waals surface area contributed by atoms with Crippen molar-refractivity contribution in [2.45, 2.75) is 65.0 Å². The fourth-order valence-electron chi connectivity index (χ4n) is 5.03. The molecular weight excluding hydrogens is 460 g/mol. The molecule has 8 nitrogen and oxygen atoms in total. The Balaban J connectivity index is 1.44. The number of carbonyl (C=O) groups excluding carboxylic acids is 2. The van der Waals surface area contributed by atoms with Gasteiger partial charge in [-0.3, -0.25) is 14.9 Å². The van der Waals surface area contributed by atoms with E-state index in [1.54, 1.807) is 12.1 Å². The highest BCUT2D eigenvalue weighted by Crippen LogP contribution is 2.34. The van der Waals surface area contributed by atoms with Crippen molar-refractivity contribution in [2.24, 2.45) is 0 Å². The number of carbonyl (C=O) groups is 2. The van der Waals surface area contributed by atoms with E-state index in [0.717, 1.165) is 49.3 Å². The molecule has 0 spiro atoms. The number of hydrogen-bond donors (Lipinski definition) is 1. The molecule has 0 saturated carbocycles. The van der Waals surface area contributed by atoms with Crippen LogP contribution in [-0.4, -0.2) is 68.6 Å². The Labute approximate surface area is 210 Å². The molecule has 9 heteroatoms. The molecular formula is C26H34N6O2S. The van der Waals surface area contributed by atoms with Gasteiger partial charge in [0.15, 0.2) is 16.5 Å². The summed E-state index contributed by atoms with van der Waals surface area (Å²) in [4.78, 5) is 35.8. The van der Waals surface area contributed by atoms with Crippen molar-refractivity contribution < 1.29 is 9.59 Å². The monoisotopic (exact) mass is 494 g/mol. The number of likely N-dealkylation sites (tertiary alicyclic amines) is 2. The zero-order valence-electron chi connectivity index (χ0n) is 21.0. The summed E-state index contributed by atoms with van der Waals surface area (Å²) in [6.45, 7) is 12.1. The quantitative estimate of drug-likeness (QED) is 0.564. The third-order valence-corrected chi connectivity index (χ3v) is 7.87. The number of anilines is 1. The Morgan fingerprint density at radius 3 is 2.49 bits per heavy atom. The summed E-state index contributed by atoms with van der Waals surface area (Å²) in [6, 6.07) is 7.66. The van der Waals surface area contributed by atoms with Crippen molar-refractivity contribution in [3.05, 3.63) is 41.1 Å². The first-order valence-corrected chi connectivity index (χ1v) is 13.3. The smallest absolute Gasteiger partial charge is 0.276 e. The molecule has 2 aromatic heterocycles. The van der Waals surface area contributed by atoms with Crippen LogP contribution in [0.25, 0.3) is 10.3 Å². The summed E-state index contributed by atoms with van der Waals surface area (Å²) in [5, 5.41) is 8.16. The maximum atomic E-state index is 13.8. The number of aromatic nitrogens is 3. The summed E-state index contributed by atoms with van der Waals surface area (Å²) < 4.78 is 2.55. The van der Waals surface area contributed by atoms with E-state index in [2.05, 4.69) is 10.2 Å². The van der Waals surface area contributed by atoms with E-state index < -0.39 is 0 Å². The number of benzene rings is 1. The van der Waals surface area contributed by atoms with Crippen molar-refractivity contribution in [3.8, 4) is 0 Å². The lowest BCUT2D eigenvalue weighted by atomic mass is 10.1. The van der Waals surface area contributed by atoms with Gasteiger partial charge in [-0.1, -0.05) is 29.0 Å². The second kappa shape index (κ2) is 9.35. The molecule has 35 heavy (non-hydrogen) atoms. The Hall–Kier alpha value is -2.78. The number of hydrogen-bond acceptors (Lipinski definition) is 6. The molecule has 1 N–H and O–H groups in total. The standard InChI is InChI=1S/C26H34N6O2S/c1-17-9-11-18(12-10-17)23(33)28-25-27-22-21(35-25)20(29-32(22)26(2,3)4)24(34)31-15-7-8-19(31)16-30-13-5-6-14-30/h9-12,19H,5-8,13-16H2,1-4H3,(H,27,28,33)/t19-/m1/s1. The second-order valence-electron chi connectivity index (χ2n) is 10.7. The fourth-order valence-corrected chi connectivity index (χ4v) is 5.95. The Kier molecular flexibility index (Phi) is 6.40. The number of rotatable bonds is 5. The van der Waals surface area contributed by atoms with E-state index in [9.17, 15) is 9.59 Å². The molecule has 0 radical (unpaired) electrons. The molecule has 2 fully saturated rings. The molecule has 186 valence electrons. The third kappa shape index (κ3) is 4.84. The summed E-state index contributed by atoms with van der Waals surface area (Å²) in [6.07, 6.45) is 4.55. The SMILES string of the molecule is Cc1ccc(C(=O)Nc2nc3c(s2)c(C(=O)N2CCC[C@@H]2CN2CCCC2)nn3C(C)(C)C)cc1. The minimum absolute atomic E-state index is 0.0280. The minimum atomic E-state index is -0.358. The van der Waals surface area contributed by atoms with Gasteiger partial charge in [0.05, 0.1) is 5.54 Å². The molecule has 3 aromatic rings. The van der Waals surface area contributed by atoms with E-state index in [0.29, 0.717) is 22.0 Å². The van der Waals surface area contributed by atoms with Gasteiger partial charge in [-0.2, -0.15) is 10.1 Å². The van der Waals surface area contributed by atoms with Gasteiger partial charge in [0.2, 0.25) is 0 Å². The molecule has 0 aliphatic carbocycles. The Bertz CT molecular complexity index is 1230. The van der Waals surface area contributed by atoms with Crippen LogP contribution < -0.4 is 5.32 Å². The number of nitrogens with zero attached hydrogens (tertiary/aromatic N) is 5. The van der Waals surface area contributed by atoms with Crippen LogP contribution in [-0.2, 0) is 5.54 Å². The first-order valence-electron chi connectivity index (χ1n) is 12.5. The van der Waals surface area contributed by atoms with Crippen LogP contribution in [0.5, 0.6) is 0 Å². The lowest BCUT2D eigenvalue weighted by molar-refractivity contribution is 0.0703. The van der Waals surface area contributed by atoms with Crippen LogP contribution in [0.1, 0.15) is 72.9 Å². The predicted molar refractivity (Wildman–Crippen MR) is 139 cm³/mol. The maximum Gasteiger partial charge on any atom is 0.276 e. The summed E-state index contributed by atoms with van der Waals surface area (Å²) in [7, 11) is 0. The van der Waals surface area contributed by atoms with Gasteiger partial charge in [0, 0.05) is 24.7 Å². The lowest BCUT2D eigenvalue weighted by Crippen LogP contribution is -2.42. The highest BCUT2D eigenvalue weighted by atomic mass is 32.1. The van der Waals surface area contributed by atoms with Crippen LogP contribution in [0.15, 0.2) is 24.3 Å². The molecule has 0 bridgehead atoms. The van der Waals surface area contributed by atoms with Gasteiger partial charge in [0.1, 0.15) is 4.70 Å². The van der Waals surface area contributed by atoms with Gasteiger partial charge in [0.25, 0.3) is 11.8 Å². The summed E-state index contributed by atoms with van der Waals surface area (Å²) >= 11 is 1.32. The number of fused-ring (bicyclic) bond motifs is 1. The van der Waals surface area contributed by atoms with E-state index in [4.69, 9.17) is 10.1 Å². The number of thiazole rings is 1. The topological polar surface area (TPSA) is 83.4 Å². The fraction of sp³-hybridized carbons (Fsp3) is 0.538. The Morgan fingerprint density at radius 1 is 1.09 bits per heavy atom. The Morgan fingerprint density at radius 2 is 1.80 bits per heavy atom. The van der Waals surface area contributed by atoms with Gasteiger partial charge >= 0.3 is 0 Å². The van der Waals surface area contributed by atoms with Crippen molar-refractivity contribution in [1.82, 2.24) is 24.6 Å². The van der Waals surface area contributed by atoms with Crippen LogP contribution in [0.3, 0.4) is 0 Å². The molecule has 1 atom stereocenters. The van der Waals surface area contributed by atoms with Crippen molar-refractivity contribution in [3.63, 3.8) is 0 Å². The third-order valence-electron chi connectivity index (χ3n) is 6.90. The zero-order valence-corrected chi connectivity index (χ0v) is 21.8. The molecule has 0 unspecified atom stereocenters. The molecule has 4 heterocycles. The number of nitrogens with one attached hydrogen (secondary N) is 1. The summed E-state index contributed by atoms with van der Waals surface area (Å²) in [5.74, 6) is -0.241. The maximum absolute atomic E-state index is 13.8. The molecule has 2 amide bonds. The van der Waals surface area contributed by atoms with Crippen LogP contribution in [0, 0.1) is 6.92 Å². The van der Waals surface area contributed by atoms with E-state index in [1.807, 2.05) is 49.4 Å². The minimum Gasteiger partial charge on any atom is -0.333 e. The second-order valence-corrected chi connectivity index (χ2v) is 11.7. The number of amides is 2. The molecule has 2 aliphatic heterocycles.